The van der Waals surface area contributed by atoms with Crippen LogP contribution in [0.1, 0.15) is 11.1 Å². The van der Waals surface area contributed by atoms with Gasteiger partial charge >= 0.3 is 0 Å². The molecule has 0 radical (unpaired) electrons. The van der Waals surface area contributed by atoms with Crippen molar-refractivity contribution in [3.63, 3.8) is 0 Å². The van der Waals surface area contributed by atoms with E-state index in [2.05, 4.69) is 41.0 Å². The summed E-state index contributed by atoms with van der Waals surface area (Å²) in [4.78, 5) is 0. The Hall–Kier alpha value is -3.60. The monoisotopic (exact) mass is 415 g/mol. The van der Waals surface area contributed by atoms with Gasteiger partial charge in [0.25, 0.3) is 0 Å². The molecule has 5 heteroatoms. The number of aromatic nitrogens is 1. The Labute approximate surface area is 181 Å². The molecule has 0 unspecified atom stereocenters. The molecule has 0 atom stereocenters. The molecule has 2 heterocycles. The molecule has 0 fully saturated rings. The summed E-state index contributed by atoms with van der Waals surface area (Å²) in [7, 11) is 5.02. The van der Waals surface area contributed by atoms with Gasteiger partial charge < -0.3 is 23.5 Å². The molecule has 0 N–H and O–H groups in total. The second-order valence-electron chi connectivity index (χ2n) is 7.63. The first kappa shape index (κ1) is 19.4. The highest BCUT2D eigenvalue weighted by Crippen LogP contribution is 2.43. The number of fused-ring (bicyclic) bond motifs is 5. The minimum Gasteiger partial charge on any atom is -0.493 e. The summed E-state index contributed by atoms with van der Waals surface area (Å²) < 4.78 is 25.2. The molecule has 158 valence electrons. The van der Waals surface area contributed by atoms with E-state index in [4.69, 9.17) is 18.9 Å². The van der Waals surface area contributed by atoms with Crippen molar-refractivity contribution in [1.82, 2.24) is 4.57 Å². The van der Waals surface area contributed by atoms with Gasteiger partial charge in [0.1, 0.15) is 6.61 Å². The van der Waals surface area contributed by atoms with Crippen LogP contribution >= 0.6 is 0 Å². The third kappa shape index (κ3) is 3.36. The predicted octanol–water partition coefficient (Wildman–Crippen LogP) is 5.47. The van der Waals surface area contributed by atoms with Crippen molar-refractivity contribution >= 4 is 10.9 Å². The van der Waals surface area contributed by atoms with Crippen molar-refractivity contribution in [2.24, 2.45) is 0 Å². The van der Waals surface area contributed by atoms with Crippen molar-refractivity contribution in [3.05, 3.63) is 71.8 Å². The van der Waals surface area contributed by atoms with E-state index >= 15 is 0 Å². The van der Waals surface area contributed by atoms with Crippen LogP contribution in [0, 0.1) is 0 Å². The minimum absolute atomic E-state index is 0.493. The molecule has 1 aromatic heterocycles. The molecule has 1 aliphatic heterocycles. The Balaban J connectivity index is 1.58. The normalized spacial score (nSPS) is 12.2. The highest BCUT2D eigenvalue weighted by molar-refractivity contribution is 5.91. The van der Waals surface area contributed by atoms with E-state index in [1.807, 2.05) is 24.3 Å². The lowest BCUT2D eigenvalue weighted by atomic mass is 9.97. The highest BCUT2D eigenvalue weighted by atomic mass is 16.5. The van der Waals surface area contributed by atoms with E-state index in [9.17, 15) is 0 Å². The fraction of sp³-hybridized carbons (Fsp3) is 0.231. The zero-order valence-corrected chi connectivity index (χ0v) is 18.0. The van der Waals surface area contributed by atoms with Gasteiger partial charge in [0, 0.05) is 29.3 Å². The average molecular weight is 415 g/mol. The fourth-order valence-electron chi connectivity index (χ4n) is 4.34. The second kappa shape index (κ2) is 7.91. The predicted molar refractivity (Wildman–Crippen MR) is 122 cm³/mol. The van der Waals surface area contributed by atoms with Crippen molar-refractivity contribution in [2.75, 3.05) is 21.3 Å². The summed E-state index contributed by atoms with van der Waals surface area (Å²) in [5.74, 6) is 2.99. The number of hydrogen-bond acceptors (Lipinski definition) is 4. The lowest BCUT2D eigenvalue weighted by Gasteiger charge is -2.22. The Morgan fingerprint density at radius 1 is 0.774 bits per heavy atom. The van der Waals surface area contributed by atoms with Crippen LogP contribution in [0.3, 0.4) is 0 Å². The molecule has 5 rings (SSSR count). The van der Waals surface area contributed by atoms with Gasteiger partial charge in [-0.2, -0.15) is 0 Å². The number of methoxy groups -OCH3 is 3. The van der Waals surface area contributed by atoms with Crippen LogP contribution in [0.5, 0.6) is 23.0 Å². The van der Waals surface area contributed by atoms with Gasteiger partial charge in [-0.15, -0.1) is 0 Å². The number of hydrogen-bond donors (Lipinski definition) is 0. The summed E-state index contributed by atoms with van der Waals surface area (Å²) in [6, 6.07) is 20.7. The molecule has 3 aromatic carbocycles. The number of rotatable bonds is 6. The van der Waals surface area contributed by atoms with Crippen molar-refractivity contribution in [1.29, 1.82) is 0 Å². The third-order valence-corrected chi connectivity index (χ3v) is 5.91. The first-order valence-electron chi connectivity index (χ1n) is 10.3. The van der Waals surface area contributed by atoms with Gasteiger partial charge in [0.15, 0.2) is 23.0 Å². The van der Waals surface area contributed by atoms with E-state index in [-0.39, 0.29) is 0 Å². The van der Waals surface area contributed by atoms with E-state index in [0.717, 1.165) is 52.4 Å². The number of benzene rings is 3. The number of ether oxygens (including phenoxy) is 4. The Morgan fingerprint density at radius 3 is 2.23 bits per heavy atom. The molecule has 0 saturated heterocycles. The van der Waals surface area contributed by atoms with E-state index in [1.165, 1.54) is 16.8 Å². The molecule has 0 aliphatic carbocycles. The first-order chi connectivity index (χ1) is 15.2. The van der Waals surface area contributed by atoms with Gasteiger partial charge in [-0.3, -0.25) is 0 Å². The second-order valence-corrected chi connectivity index (χ2v) is 7.63. The van der Waals surface area contributed by atoms with Crippen molar-refractivity contribution < 1.29 is 18.9 Å². The fourth-order valence-corrected chi connectivity index (χ4v) is 4.34. The molecule has 4 aromatic rings. The van der Waals surface area contributed by atoms with Crippen molar-refractivity contribution in [3.8, 4) is 34.3 Å². The first-order valence-corrected chi connectivity index (χ1v) is 10.3. The van der Waals surface area contributed by atoms with Gasteiger partial charge in [-0.05, 0) is 41.8 Å². The highest BCUT2D eigenvalue weighted by Gasteiger charge is 2.23. The molecule has 0 amide bonds. The summed E-state index contributed by atoms with van der Waals surface area (Å²) in [5.41, 5.74) is 5.86. The van der Waals surface area contributed by atoms with Gasteiger partial charge in [0.2, 0.25) is 0 Å². The van der Waals surface area contributed by atoms with Crippen LogP contribution in [0.4, 0.5) is 0 Å². The Kier molecular flexibility index (Phi) is 4.94. The zero-order valence-electron chi connectivity index (χ0n) is 18.0. The smallest absolute Gasteiger partial charge is 0.162 e. The molecule has 1 aliphatic rings. The maximum atomic E-state index is 6.17. The number of aryl methyl sites for hydroxylation is 2. The molecule has 31 heavy (non-hydrogen) atoms. The van der Waals surface area contributed by atoms with Crippen LogP contribution in [0.15, 0.2) is 60.7 Å². The van der Waals surface area contributed by atoms with Crippen LogP contribution in [-0.4, -0.2) is 25.9 Å². The van der Waals surface area contributed by atoms with E-state index in [0.29, 0.717) is 6.61 Å². The quantitative estimate of drug-likeness (QED) is 0.419. The average Bonchev–Trinajstić information content (AvgIpc) is 3.19. The molecular formula is C26H25NO4. The third-order valence-electron chi connectivity index (χ3n) is 5.91. The SMILES string of the molecule is COc1cc2cc3n(c2cc1OC)CCc1cc(OC)c(OCc2ccccc2)cc1-3. The molecule has 5 nitrogen and oxygen atoms in total. The summed E-state index contributed by atoms with van der Waals surface area (Å²) >= 11 is 0. The maximum absolute atomic E-state index is 6.17. The molecular weight excluding hydrogens is 390 g/mol. The lowest BCUT2D eigenvalue weighted by molar-refractivity contribution is 0.284. The maximum Gasteiger partial charge on any atom is 0.162 e. The Bertz CT molecular complexity index is 1240. The standard InChI is InChI=1S/C26H25NO4/c1-28-23-13-19-11-22-20-14-26(31-16-17-7-5-4-6-8-17)24(29-2)12-18(20)9-10-27(22)21(19)15-25(23)30-3/h4-8,11-15H,9-10,16H2,1-3H3. The van der Waals surface area contributed by atoms with Crippen LogP contribution in [-0.2, 0) is 19.6 Å². The van der Waals surface area contributed by atoms with E-state index in [1.54, 1.807) is 21.3 Å². The van der Waals surface area contributed by atoms with Gasteiger partial charge in [-0.25, -0.2) is 0 Å². The van der Waals surface area contributed by atoms with Crippen molar-refractivity contribution in [2.45, 2.75) is 19.6 Å². The van der Waals surface area contributed by atoms with Gasteiger partial charge in [-0.1, -0.05) is 30.3 Å². The topological polar surface area (TPSA) is 41.9 Å². The molecule has 0 saturated carbocycles. The summed E-state index contributed by atoms with van der Waals surface area (Å²) in [6.07, 6.45) is 0.926. The van der Waals surface area contributed by atoms with Crippen LogP contribution in [0.2, 0.25) is 0 Å². The summed E-state index contributed by atoms with van der Waals surface area (Å²) in [5, 5.41) is 1.13. The van der Waals surface area contributed by atoms with Gasteiger partial charge in [0.05, 0.1) is 26.8 Å². The molecule has 0 spiro atoms. The Morgan fingerprint density at radius 2 is 1.48 bits per heavy atom. The number of nitrogens with zero attached hydrogens (tertiary/aromatic N) is 1. The van der Waals surface area contributed by atoms with Crippen LogP contribution in [0.25, 0.3) is 22.2 Å². The zero-order chi connectivity index (χ0) is 21.4. The largest absolute Gasteiger partial charge is 0.493 e. The minimum atomic E-state index is 0.493. The summed E-state index contributed by atoms with van der Waals surface area (Å²) in [6.45, 7) is 1.39. The van der Waals surface area contributed by atoms with E-state index < -0.39 is 0 Å². The molecule has 0 bridgehead atoms. The lowest BCUT2D eigenvalue weighted by Crippen LogP contribution is -2.11. The van der Waals surface area contributed by atoms with Crippen LogP contribution < -0.4 is 18.9 Å².